The molecule has 1 saturated carbocycles. The van der Waals surface area contributed by atoms with Gasteiger partial charge in [-0.2, -0.15) is 11.8 Å². The Balaban J connectivity index is 2.30. The Morgan fingerprint density at radius 2 is 2.19 bits per heavy atom. The van der Waals surface area contributed by atoms with Gasteiger partial charge in [-0.15, -0.1) is 0 Å². The van der Waals surface area contributed by atoms with Gasteiger partial charge in [0, 0.05) is 28.6 Å². The summed E-state index contributed by atoms with van der Waals surface area (Å²) in [5.41, 5.74) is 1.23. The number of aromatic nitrogens is 2. The van der Waals surface area contributed by atoms with Gasteiger partial charge in [-0.3, -0.25) is 4.79 Å². The molecule has 1 heterocycles. The molecule has 2 atom stereocenters. The fraction of sp³-hybridized carbons (Fsp3) is 0.733. The lowest BCUT2D eigenvalue weighted by Crippen LogP contribution is -2.21. The Hall–Kier alpha value is -0.620. The van der Waals surface area contributed by atoms with Gasteiger partial charge in [0.15, 0.2) is 5.16 Å². The first-order chi connectivity index (χ1) is 9.82. The molecule has 2 unspecified atom stereocenters. The van der Waals surface area contributed by atoms with Crippen LogP contribution in [0.1, 0.15) is 51.8 Å². The summed E-state index contributed by atoms with van der Waals surface area (Å²) in [5.74, 6) is -0.723. The first kappa shape index (κ1) is 16.7. The van der Waals surface area contributed by atoms with Crippen LogP contribution in [0.3, 0.4) is 0 Å². The molecule has 4 nitrogen and oxygen atoms in total. The highest BCUT2D eigenvalue weighted by molar-refractivity contribution is 7.99. The van der Waals surface area contributed by atoms with Gasteiger partial charge in [-0.05, 0) is 25.5 Å². The van der Waals surface area contributed by atoms with E-state index >= 15 is 0 Å². The number of thioether (sulfide) groups is 2. The van der Waals surface area contributed by atoms with Crippen LogP contribution in [0.15, 0.2) is 11.4 Å². The van der Waals surface area contributed by atoms with Crippen molar-refractivity contribution < 1.29 is 9.90 Å². The number of rotatable bonds is 5. The van der Waals surface area contributed by atoms with E-state index in [4.69, 9.17) is 5.11 Å². The minimum Gasteiger partial charge on any atom is -0.481 e. The molecule has 21 heavy (non-hydrogen) atoms. The van der Waals surface area contributed by atoms with E-state index in [1.807, 2.05) is 18.0 Å². The smallest absolute Gasteiger partial charge is 0.313 e. The van der Waals surface area contributed by atoms with E-state index in [-0.39, 0.29) is 11.2 Å². The van der Waals surface area contributed by atoms with Crippen molar-refractivity contribution in [1.82, 2.24) is 9.55 Å². The summed E-state index contributed by atoms with van der Waals surface area (Å²) < 4.78 is 2.31. The average Bonchev–Trinajstić information content (AvgIpc) is 3.01. The van der Waals surface area contributed by atoms with Gasteiger partial charge in [0.2, 0.25) is 0 Å². The number of aliphatic carboxylic acids is 1. The Bertz CT molecular complexity index is 508. The Labute approximate surface area is 135 Å². The van der Waals surface area contributed by atoms with Crippen LogP contribution in [-0.2, 0) is 10.2 Å². The number of imidazole rings is 1. The van der Waals surface area contributed by atoms with Crippen LogP contribution in [0.4, 0.5) is 0 Å². The van der Waals surface area contributed by atoms with E-state index in [1.165, 1.54) is 23.9 Å². The summed E-state index contributed by atoms with van der Waals surface area (Å²) in [5, 5.41) is 10.5. The molecule has 1 aliphatic carbocycles. The molecule has 0 aromatic carbocycles. The molecular formula is C15H24N2O2S2. The van der Waals surface area contributed by atoms with Crippen molar-refractivity contribution in [3.63, 3.8) is 0 Å². The SMILES string of the molecule is CSC1CCC(n2c(C(C)(C)C)cnc2SCC(=O)O)C1. The van der Waals surface area contributed by atoms with Gasteiger partial charge in [0.25, 0.3) is 0 Å². The number of hydrogen-bond acceptors (Lipinski definition) is 4. The number of hydrogen-bond donors (Lipinski definition) is 1. The number of nitrogens with zero attached hydrogens (tertiary/aromatic N) is 2. The third-order valence-electron chi connectivity index (χ3n) is 3.91. The maximum atomic E-state index is 10.8. The van der Waals surface area contributed by atoms with Crippen molar-refractivity contribution in [1.29, 1.82) is 0 Å². The van der Waals surface area contributed by atoms with Crippen molar-refractivity contribution in [3.8, 4) is 0 Å². The van der Waals surface area contributed by atoms with E-state index in [0.717, 1.165) is 18.0 Å². The van der Waals surface area contributed by atoms with Crippen LogP contribution in [0.2, 0.25) is 0 Å². The third kappa shape index (κ3) is 3.97. The molecule has 0 spiro atoms. The highest BCUT2D eigenvalue weighted by Gasteiger charge is 2.31. The molecule has 2 rings (SSSR count). The Morgan fingerprint density at radius 1 is 1.48 bits per heavy atom. The molecular weight excluding hydrogens is 304 g/mol. The summed E-state index contributed by atoms with van der Waals surface area (Å²) in [6, 6.07) is 0.454. The lowest BCUT2D eigenvalue weighted by Gasteiger charge is -2.26. The summed E-state index contributed by atoms with van der Waals surface area (Å²) in [4.78, 5) is 15.4. The van der Waals surface area contributed by atoms with E-state index in [2.05, 4.69) is 36.6 Å². The topological polar surface area (TPSA) is 55.1 Å². The second-order valence-electron chi connectivity index (χ2n) is 6.55. The van der Waals surface area contributed by atoms with Crippen molar-refractivity contribution >= 4 is 29.5 Å². The molecule has 1 aromatic heterocycles. The molecule has 1 aromatic rings. The first-order valence-corrected chi connectivity index (χ1v) is 9.55. The molecule has 1 N–H and O–H groups in total. The van der Waals surface area contributed by atoms with Crippen molar-refractivity contribution in [2.75, 3.05) is 12.0 Å². The lowest BCUT2D eigenvalue weighted by atomic mass is 9.92. The van der Waals surface area contributed by atoms with Gasteiger partial charge < -0.3 is 9.67 Å². The highest BCUT2D eigenvalue weighted by atomic mass is 32.2. The summed E-state index contributed by atoms with van der Waals surface area (Å²) in [7, 11) is 0. The van der Waals surface area contributed by atoms with Crippen LogP contribution < -0.4 is 0 Å². The Kier molecular flexibility index (Phi) is 5.30. The van der Waals surface area contributed by atoms with Gasteiger partial charge in [0.05, 0.1) is 5.75 Å². The van der Waals surface area contributed by atoms with Crippen LogP contribution in [0.5, 0.6) is 0 Å². The van der Waals surface area contributed by atoms with Crippen molar-refractivity contribution in [3.05, 3.63) is 11.9 Å². The molecule has 118 valence electrons. The standard InChI is InChI=1S/C15H24N2O2S2/c1-15(2,3)12-8-16-14(21-9-13(18)19)17(12)10-5-6-11(7-10)20-4/h8,10-11H,5-7,9H2,1-4H3,(H,18,19). The zero-order valence-electron chi connectivity index (χ0n) is 13.1. The molecule has 1 fully saturated rings. The number of carbonyl (C=O) groups is 1. The molecule has 0 radical (unpaired) electrons. The van der Waals surface area contributed by atoms with Crippen LogP contribution >= 0.6 is 23.5 Å². The van der Waals surface area contributed by atoms with Crippen LogP contribution in [-0.4, -0.2) is 37.9 Å². The van der Waals surface area contributed by atoms with Gasteiger partial charge in [0.1, 0.15) is 0 Å². The fourth-order valence-corrected chi connectivity index (χ4v) is 4.40. The van der Waals surface area contributed by atoms with E-state index in [0.29, 0.717) is 11.3 Å². The van der Waals surface area contributed by atoms with Gasteiger partial charge >= 0.3 is 5.97 Å². The fourth-order valence-electron chi connectivity index (χ4n) is 2.85. The first-order valence-electron chi connectivity index (χ1n) is 7.28. The van der Waals surface area contributed by atoms with E-state index < -0.39 is 5.97 Å². The Morgan fingerprint density at radius 3 is 2.71 bits per heavy atom. The minimum absolute atomic E-state index is 0.0203. The lowest BCUT2D eigenvalue weighted by molar-refractivity contribution is -0.133. The predicted octanol–water partition coefficient (Wildman–Crippen LogP) is 3.81. The third-order valence-corrected chi connectivity index (χ3v) is 5.96. The maximum Gasteiger partial charge on any atom is 0.313 e. The number of carboxylic acid groups (broad SMARTS) is 1. The van der Waals surface area contributed by atoms with E-state index in [9.17, 15) is 4.79 Å². The second-order valence-corrected chi connectivity index (χ2v) is 8.63. The van der Waals surface area contributed by atoms with Crippen molar-refractivity contribution in [2.45, 2.75) is 61.9 Å². The summed E-state index contributed by atoms with van der Waals surface area (Å²) in [6.07, 6.45) is 7.64. The zero-order chi connectivity index (χ0) is 15.6. The van der Waals surface area contributed by atoms with Crippen molar-refractivity contribution in [2.24, 2.45) is 0 Å². The molecule has 0 saturated heterocycles. The van der Waals surface area contributed by atoms with E-state index in [1.54, 1.807) is 0 Å². The monoisotopic (exact) mass is 328 g/mol. The highest BCUT2D eigenvalue weighted by Crippen LogP contribution is 2.41. The second kappa shape index (κ2) is 6.65. The predicted molar refractivity (Wildman–Crippen MR) is 89.5 cm³/mol. The molecule has 6 heteroatoms. The van der Waals surface area contributed by atoms with Gasteiger partial charge in [-0.25, -0.2) is 4.98 Å². The maximum absolute atomic E-state index is 10.8. The largest absolute Gasteiger partial charge is 0.481 e. The summed E-state index contributed by atoms with van der Waals surface area (Å²) in [6.45, 7) is 6.56. The quantitative estimate of drug-likeness (QED) is 0.833. The average molecular weight is 329 g/mol. The normalized spacial score (nSPS) is 22.7. The zero-order valence-corrected chi connectivity index (χ0v) is 14.8. The number of carboxylic acids is 1. The molecule has 1 aliphatic rings. The molecule has 0 bridgehead atoms. The van der Waals surface area contributed by atoms with Crippen LogP contribution in [0, 0.1) is 0 Å². The summed E-state index contributed by atoms with van der Waals surface area (Å²) >= 11 is 3.27. The molecule has 0 aliphatic heterocycles. The minimum atomic E-state index is -0.791. The van der Waals surface area contributed by atoms with Crippen LogP contribution in [0.25, 0.3) is 0 Å². The molecule has 0 amide bonds. The van der Waals surface area contributed by atoms with Gasteiger partial charge in [-0.1, -0.05) is 32.5 Å².